The molecule has 0 aliphatic carbocycles. The van der Waals surface area contributed by atoms with E-state index in [0.29, 0.717) is 25.5 Å². The van der Waals surface area contributed by atoms with Crippen LogP contribution in [0.3, 0.4) is 0 Å². The maximum absolute atomic E-state index is 13.1. The summed E-state index contributed by atoms with van der Waals surface area (Å²) in [6, 6.07) is 7.42. The van der Waals surface area contributed by atoms with Crippen LogP contribution in [0.5, 0.6) is 11.5 Å². The smallest absolute Gasteiger partial charge is 0.325 e. The summed E-state index contributed by atoms with van der Waals surface area (Å²) < 4.78 is 8.95. The highest BCUT2D eigenvalue weighted by atomic mass is 79.9. The van der Waals surface area contributed by atoms with Gasteiger partial charge in [-0.1, -0.05) is 34.6 Å². The van der Waals surface area contributed by atoms with E-state index in [9.17, 15) is 9.90 Å². The van der Waals surface area contributed by atoms with Crippen molar-refractivity contribution in [1.82, 2.24) is 10.1 Å². The van der Waals surface area contributed by atoms with Crippen molar-refractivity contribution in [2.45, 2.75) is 18.2 Å². The number of methoxy groups -OCH3 is 1. The zero-order chi connectivity index (χ0) is 21.6. The van der Waals surface area contributed by atoms with Crippen molar-refractivity contribution in [1.29, 1.82) is 0 Å². The molecule has 1 aromatic heterocycles. The van der Waals surface area contributed by atoms with Crippen LogP contribution in [0.4, 0.5) is 5.69 Å². The number of nitrogens with zero attached hydrogens (tertiary/aromatic N) is 2. The van der Waals surface area contributed by atoms with Crippen LogP contribution in [0, 0.1) is 0 Å². The first-order valence-electron chi connectivity index (χ1n) is 8.86. The molecule has 2 heterocycles. The molecule has 3 N–H and O–H groups in total. The number of anilines is 1. The van der Waals surface area contributed by atoms with E-state index in [2.05, 4.69) is 58.1 Å². The highest BCUT2D eigenvalue weighted by Gasteiger charge is 2.40. The van der Waals surface area contributed by atoms with Crippen molar-refractivity contribution in [2.75, 3.05) is 18.2 Å². The number of aromatic nitrogens is 3. The fourth-order valence-electron chi connectivity index (χ4n) is 3.29. The number of halogens is 3. The van der Waals surface area contributed by atoms with Gasteiger partial charge in [0.05, 0.1) is 28.4 Å². The first-order valence-corrected chi connectivity index (χ1v) is 12.2. The van der Waals surface area contributed by atoms with Gasteiger partial charge in [-0.3, -0.25) is 9.78 Å². The van der Waals surface area contributed by atoms with Crippen LogP contribution in [0.25, 0.3) is 11.3 Å². The molecule has 156 valence electrons. The number of aromatic amines is 1. The van der Waals surface area contributed by atoms with Gasteiger partial charge in [-0.2, -0.15) is 0 Å². The summed E-state index contributed by atoms with van der Waals surface area (Å²) in [7, 11) is 1.49. The molecule has 30 heavy (non-hydrogen) atoms. The molecule has 0 radical (unpaired) electrons. The van der Waals surface area contributed by atoms with Gasteiger partial charge in [0.1, 0.15) is 0 Å². The van der Waals surface area contributed by atoms with Gasteiger partial charge < -0.3 is 15.2 Å². The maximum atomic E-state index is 13.1. The second kappa shape index (κ2) is 8.52. The van der Waals surface area contributed by atoms with Gasteiger partial charge in [0.2, 0.25) is 5.16 Å². The fourth-order valence-corrected chi connectivity index (χ4v) is 5.18. The molecule has 2 aromatic carbocycles. The van der Waals surface area contributed by atoms with E-state index in [1.54, 1.807) is 10.7 Å². The lowest BCUT2D eigenvalue weighted by Crippen LogP contribution is -2.55. The Balaban J connectivity index is 2.02. The van der Waals surface area contributed by atoms with E-state index in [-0.39, 0.29) is 11.3 Å². The van der Waals surface area contributed by atoms with Crippen LogP contribution >= 0.6 is 59.6 Å². The molecule has 11 heteroatoms. The summed E-state index contributed by atoms with van der Waals surface area (Å²) in [5.41, 5.74) is 2.48. The number of phenolic OH excluding ortho intramolecular Hbond substituents is 1. The van der Waals surface area contributed by atoms with Crippen LogP contribution in [0.2, 0.25) is 0 Å². The van der Waals surface area contributed by atoms with Crippen molar-refractivity contribution in [3.63, 3.8) is 0 Å². The second-order valence-electron chi connectivity index (χ2n) is 6.37. The number of phenols is 1. The van der Waals surface area contributed by atoms with E-state index >= 15 is 0 Å². The molecule has 0 fully saturated rings. The molecule has 3 aromatic rings. The Morgan fingerprint density at radius 3 is 2.73 bits per heavy atom. The van der Waals surface area contributed by atoms with E-state index in [4.69, 9.17) is 9.84 Å². The normalized spacial score (nSPS) is 14.6. The Bertz CT molecular complexity index is 1220. The molecule has 4 rings (SSSR count). The highest BCUT2D eigenvalue weighted by molar-refractivity contribution is 9.13. The Labute approximate surface area is 201 Å². The number of hydrogen-bond acceptors (Lipinski definition) is 6. The third-order valence-electron chi connectivity index (χ3n) is 4.61. The number of hydrogen-bond donors (Lipinski definition) is 3. The van der Waals surface area contributed by atoms with E-state index in [1.807, 2.05) is 25.1 Å². The molecule has 0 saturated heterocycles. The van der Waals surface area contributed by atoms with Crippen molar-refractivity contribution in [2.24, 2.45) is 0 Å². The topological polar surface area (TPSA) is 91.1 Å². The zero-order valence-electron chi connectivity index (χ0n) is 15.8. The number of rotatable bonds is 4. The van der Waals surface area contributed by atoms with Gasteiger partial charge in [0.25, 0.3) is 6.17 Å². The molecular weight excluding hydrogens is 604 g/mol. The van der Waals surface area contributed by atoms with Crippen molar-refractivity contribution >= 4 is 65.2 Å². The van der Waals surface area contributed by atoms with E-state index in [0.717, 1.165) is 27.0 Å². The molecule has 0 saturated carbocycles. The molecule has 1 aliphatic heterocycles. The van der Waals surface area contributed by atoms with Gasteiger partial charge in [0, 0.05) is 14.0 Å². The first kappa shape index (κ1) is 21.7. The minimum absolute atomic E-state index is 0.0143. The Morgan fingerprint density at radius 1 is 1.27 bits per heavy atom. The van der Waals surface area contributed by atoms with Gasteiger partial charge in [-0.25, -0.2) is 0 Å². The molecule has 0 bridgehead atoms. The van der Waals surface area contributed by atoms with Crippen molar-refractivity contribution < 1.29 is 14.5 Å². The van der Waals surface area contributed by atoms with E-state index in [1.165, 1.54) is 18.9 Å². The zero-order valence-corrected chi connectivity index (χ0v) is 21.4. The van der Waals surface area contributed by atoms with Gasteiger partial charge in [0.15, 0.2) is 11.5 Å². The minimum Gasteiger partial charge on any atom is -0.503 e. The lowest BCUT2D eigenvalue weighted by Gasteiger charge is -2.24. The summed E-state index contributed by atoms with van der Waals surface area (Å²) >= 11 is 11.9. The number of aromatic hydroxyl groups is 1. The average Bonchev–Trinajstić information content (AvgIpc) is 2.72. The Hall–Kier alpha value is -1.56. The number of ether oxygens (including phenoxy) is 1. The van der Waals surface area contributed by atoms with Crippen LogP contribution in [0.15, 0.2) is 47.6 Å². The van der Waals surface area contributed by atoms with Gasteiger partial charge >= 0.3 is 11.3 Å². The summed E-state index contributed by atoms with van der Waals surface area (Å²) in [6.07, 6.45) is -0.521. The number of fused-ring (bicyclic) bond motifs is 3. The summed E-state index contributed by atoms with van der Waals surface area (Å²) in [6.45, 7) is 2.00. The molecule has 1 atom stereocenters. The molecule has 1 aliphatic rings. The van der Waals surface area contributed by atoms with E-state index < -0.39 is 6.17 Å². The largest absolute Gasteiger partial charge is 0.503 e. The summed E-state index contributed by atoms with van der Waals surface area (Å²) in [5.74, 6) is 1.06. The number of thioether (sulfide) groups is 1. The molecule has 0 unspecified atom stereocenters. The minimum atomic E-state index is -0.521. The third-order valence-corrected chi connectivity index (χ3v) is 8.00. The summed E-state index contributed by atoms with van der Waals surface area (Å²) in [4.78, 5) is 16.0. The van der Waals surface area contributed by atoms with Crippen molar-refractivity contribution in [3.8, 4) is 22.8 Å². The lowest BCUT2D eigenvalue weighted by molar-refractivity contribution is -0.759. The fraction of sp³-hybridized carbons (Fsp3) is 0.211. The second-order valence-corrected chi connectivity index (χ2v) is 10.1. The third kappa shape index (κ3) is 3.65. The lowest BCUT2D eigenvalue weighted by atomic mass is 10.0. The first-order chi connectivity index (χ1) is 14.3. The average molecular weight is 620 g/mol. The summed E-state index contributed by atoms with van der Waals surface area (Å²) in [5, 5.41) is 19.0. The molecule has 0 amide bonds. The number of nitrogens with one attached hydrogen (secondary N) is 2. The molecular formula is C19H16Br3N4O3S+. The maximum Gasteiger partial charge on any atom is 0.325 e. The number of H-pyrrole nitrogens is 1. The van der Waals surface area contributed by atoms with Crippen LogP contribution in [0.1, 0.15) is 18.7 Å². The predicted molar refractivity (Wildman–Crippen MR) is 126 cm³/mol. The van der Waals surface area contributed by atoms with Crippen LogP contribution < -0.4 is 20.3 Å². The standard InChI is InChI=1S/C19H15Br3N4O3S/c1-3-30-19-24-18(28)15-9-6-8(20)4-5-11(9)23-17(26(15)25-19)10-7-12(29-2)16(27)14(22)13(10)21/h4-7,17H,3H2,1-2H3,(H2,24,25,27,28)/p+1/t17-/m0/s1. The van der Waals surface area contributed by atoms with Crippen LogP contribution in [-0.2, 0) is 0 Å². The Kier molecular flexibility index (Phi) is 6.16. The highest BCUT2D eigenvalue weighted by Crippen LogP contribution is 2.45. The van der Waals surface area contributed by atoms with Crippen LogP contribution in [-0.4, -0.2) is 28.1 Å². The SMILES string of the molecule is CCSc1n[n+]2c(c(=O)[nH]1)-c1cc(Br)ccc1N[C@@H]2c1cc(OC)c(O)c(Br)c1Br. The number of benzene rings is 2. The Morgan fingerprint density at radius 2 is 2.03 bits per heavy atom. The predicted octanol–water partition coefficient (Wildman–Crippen LogP) is 4.81. The molecule has 0 spiro atoms. The van der Waals surface area contributed by atoms with Crippen molar-refractivity contribution in [3.05, 3.63) is 53.6 Å². The van der Waals surface area contributed by atoms with Gasteiger partial charge in [-0.05, 0) is 66.6 Å². The van der Waals surface area contributed by atoms with Gasteiger partial charge in [-0.15, -0.1) is 0 Å². The molecule has 7 nitrogen and oxygen atoms in total. The monoisotopic (exact) mass is 617 g/mol. The quantitative estimate of drug-likeness (QED) is 0.287.